The maximum absolute atomic E-state index is 15.1. The van der Waals surface area contributed by atoms with Crippen LogP contribution in [0.1, 0.15) is 106 Å². The predicted molar refractivity (Wildman–Crippen MR) is 228 cm³/mol. The van der Waals surface area contributed by atoms with Gasteiger partial charge in [0.05, 0.1) is 28.9 Å². The molecule has 3 fully saturated rings. The van der Waals surface area contributed by atoms with Crippen LogP contribution >= 0.6 is 0 Å². The highest BCUT2D eigenvalue weighted by atomic mass is 19.1. The molecule has 17 nitrogen and oxygen atoms in total. The normalized spacial score (nSPS) is 21.0. The van der Waals surface area contributed by atoms with E-state index in [1.54, 1.807) is 40.9 Å². The molecule has 5 unspecified atom stereocenters. The summed E-state index contributed by atoms with van der Waals surface area (Å²) in [5.74, 6) is 10.2. The standard InChI is InChI=1S/C46H44FN11O6/c1-45(64,12-9-25-11-14-50-36(17-25)58-34-6-4-5-33(52-43(62)27-7-8-27)37(34)39(54-58)41(49)61)21-35(56(3)24-59)28-18-32-38(40(48)60)53-57(42(32)51-22-28)31-16-26(15-30(47)19-31)10-13-46-20-29(46)23-55(2)44(46)63/h11,14-19,22,24,27,29,33,35,64H,4-8,20-21,23H2,1-3H3,(H2,48,60)(H2,49,61)(H,52,62). The number of nitrogens with one attached hydrogen (secondary N) is 1. The third-order valence-electron chi connectivity index (χ3n) is 12.5. The Bertz CT molecular complexity index is 2950. The molecule has 5 aromatic rings. The first-order valence-corrected chi connectivity index (χ1v) is 20.9. The van der Waals surface area contributed by atoms with Gasteiger partial charge in [-0.1, -0.05) is 23.7 Å². The molecule has 2 saturated carbocycles. The first-order chi connectivity index (χ1) is 30.6. The largest absolute Gasteiger partial charge is 0.378 e. The molecule has 9 rings (SSSR count). The van der Waals surface area contributed by atoms with E-state index in [-0.39, 0.29) is 58.2 Å². The number of aromatic nitrogens is 6. The molecule has 0 spiro atoms. The molecule has 3 aliphatic carbocycles. The highest BCUT2D eigenvalue weighted by molar-refractivity contribution is 6.03. The lowest BCUT2D eigenvalue weighted by atomic mass is 9.90. The van der Waals surface area contributed by atoms with E-state index >= 15 is 4.39 Å². The summed E-state index contributed by atoms with van der Waals surface area (Å²) in [5.41, 5.74) is 11.9. The zero-order chi connectivity index (χ0) is 45.2. The maximum atomic E-state index is 15.1. The molecular formula is C46H44FN11O6. The predicted octanol–water partition coefficient (Wildman–Crippen LogP) is 2.39. The summed E-state index contributed by atoms with van der Waals surface area (Å²) in [6.07, 6.45) is 7.79. The van der Waals surface area contributed by atoms with Crippen LogP contribution < -0.4 is 16.8 Å². The number of pyridine rings is 2. The van der Waals surface area contributed by atoms with Crippen molar-refractivity contribution in [2.24, 2.45) is 28.7 Å². The number of primary amides is 2. The second-order valence-electron chi connectivity index (χ2n) is 17.4. The topological polar surface area (TPSA) is 238 Å². The summed E-state index contributed by atoms with van der Waals surface area (Å²) in [6, 6.07) is 7.73. The van der Waals surface area contributed by atoms with Gasteiger partial charge in [0.1, 0.15) is 16.8 Å². The van der Waals surface area contributed by atoms with E-state index in [4.69, 9.17) is 11.5 Å². The second kappa shape index (κ2) is 15.7. The minimum atomic E-state index is -1.70. The fourth-order valence-corrected chi connectivity index (χ4v) is 8.94. The summed E-state index contributed by atoms with van der Waals surface area (Å²) >= 11 is 0. The zero-order valence-corrected chi connectivity index (χ0v) is 35.3. The molecule has 1 saturated heterocycles. The first-order valence-electron chi connectivity index (χ1n) is 20.9. The van der Waals surface area contributed by atoms with Crippen LogP contribution in [-0.4, -0.2) is 101 Å². The minimum absolute atomic E-state index is 0.0139. The van der Waals surface area contributed by atoms with Crippen molar-refractivity contribution in [3.05, 3.63) is 93.9 Å². The van der Waals surface area contributed by atoms with Gasteiger partial charge >= 0.3 is 0 Å². The lowest BCUT2D eigenvalue weighted by molar-refractivity contribution is -0.130. The van der Waals surface area contributed by atoms with Gasteiger partial charge in [0.2, 0.25) is 18.2 Å². The zero-order valence-electron chi connectivity index (χ0n) is 35.3. The van der Waals surface area contributed by atoms with Crippen LogP contribution in [-0.2, 0) is 20.8 Å². The number of benzene rings is 1. The number of nitrogens with zero attached hydrogens (tertiary/aromatic N) is 8. The summed E-state index contributed by atoms with van der Waals surface area (Å²) in [5, 5.41) is 24.0. The molecule has 0 radical (unpaired) electrons. The molecular weight excluding hydrogens is 822 g/mol. The molecule has 0 bridgehead atoms. The van der Waals surface area contributed by atoms with Gasteiger partial charge in [-0.3, -0.25) is 24.0 Å². The van der Waals surface area contributed by atoms with Gasteiger partial charge in [-0.2, -0.15) is 10.2 Å². The van der Waals surface area contributed by atoms with E-state index in [1.807, 2.05) is 0 Å². The van der Waals surface area contributed by atoms with Crippen molar-refractivity contribution in [2.75, 3.05) is 20.6 Å². The van der Waals surface area contributed by atoms with Crippen LogP contribution in [0.4, 0.5) is 4.39 Å². The summed E-state index contributed by atoms with van der Waals surface area (Å²) in [4.78, 5) is 75.1. The highest BCUT2D eigenvalue weighted by Gasteiger charge is 2.65. The van der Waals surface area contributed by atoms with Crippen molar-refractivity contribution in [2.45, 2.75) is 69.6 Å². The molecule has 5 atom stereocenters. The Balaban J connectivity index is 0.990. The number of likely N-dealkylation sites (tertiary alicyclic amines) is 1. The van der Waals surface area contributed by atoms with Crippen molar-refractivity contribution < 1.29 is 33.5 Å². The molecule has 18 heteroatoms. The number of fused-ring (bicyclic) bond motifs is 3. The quantitative estimate of drug-likeness (QED) is 0.112. The number of carbonyl (C=O) groups is 5. The molecule has 5 heterocycles. The van der Waals surface area contributed by atoms with E-state index < -0.39 is 40.7 Å². The fraction of sp³-hybridized carbons (Fsp3) is 0.370. The Morgan fingerprint density at radius 1 is 1.06 bits per heavy atom. The molecule has 1 aromatic carbocycles. The van der Waals surface area contributed by atoms with E-state index in [0.29, 0.717) is 66.0 Å². The van der Waals surface area contributed by atoms with Crippen LogP contribution in [0.2, 0.25) is 0 Å². The van der Waals surface area contributed by atoms with E-state index in [1.165, 1.54) is 48.1 Å². The Labute approximate surface area is 366 Å². The highest BCUT2D eigenvalue weighted by Crippen LogP contribution is 2.57. The number of hydrogen-bond acceptors (Lipinski definition) is 10. The number of carbonyl (C=O) groups excluding carboxylic acids is 5. The molecule has 1 aliphatic heterocycles. The monoisotopic (exact) mass is 865 g/mol. The number of amides is 5. The minimum Gasteiger partial charge on any atom is -0.378 e. The van der Waals surface area contributed by atoms with Gasteiger partial charge in [-0.05, 0) is 87.4 Å². The summed E-state index contributed by atoms with van der Waals surface area (Å²) in [7, 11) is 3.27. The summed E-state index contributed by atoms with van der Waals surface area (Å²) in [6.45, 7) is 2.13. The van der Waals surface area contributed by atoms with Gasteiger partial charge in [-0.25, -0.2) is 23.7 Å². The average molecular weight is 866 g/mol. The van der Waals surface area contributed by atoms with Crippen LogP contribution in [0.5, 0.6) is 0 Å². The van der Waals surface area contributed by atoms with Crippen molar-refractivity contribution in [3.8, 4) is 35.2 Å². The Morgan fingerprint density at radius 2 is 1.83 bits per heavy atom. The average Bonchev–Trinajstić information content (AvgIpc) is 4.14. The van der Waals surface area contributed by atoms with Gasteiger partial charge in [0.25, 0.3) is 11.8 Å². The lowest BCUT2D eigenvalue weighted by Gasteiger charge is -2.29. The van der Waals surface area contributed by atoms with E-state index in [0.717, 1.165) is 19.3 Å². The van der Waals surface area contributed by atoms with Crippen molar-refractivity contribution in [1.82, 2.24) is 44.6 Å². The SMILES string of the molecule is CN1CC2CC2(C#Cc2cc(F)cc(-n3nc(C(N)=O)c4cc(C(CC(C)(O)C#Cc5ccnc(-n6nc(C(N)=O)c7c6CCCC7NC(=O)C6CC6)c5)N(C)C=O)cnc43)c2)C1=O. The van der Waals surface area contributed by atoms with Crippen LogP contribution in [0.3, 0.4) is 0 Å². The van der Waals surface area contributed by atoms with Crippen LogP contribution in [0.15, 0.2) is 48.8 Å². The second-order valence-corrected chi connectivity index (χ2v) is 17.4. The molecule has 326 valence electrons. The van der Waals surface area contributed by atoms with Crippen molar-refractivity contribution in [3.63, 3.8) is 0 Å². The van der Waals surface area contributed by atoms with Gasteiger partial charge in [-0.15, -0.1) is 0 Å². The molecule has 6 N–H and O–H groups in total. The van der Waals surface area contributed by atoms with Crippen LogP contribution in [0.25, 0.3) is 22.5 Å². The number of aliphatic hydroxyl groups is 1. The van der Waals surface area contributed by atoms with Crippen molar-refractivity contribution >= 4 is 41.1 Å². The Kier molecular flexibility index (Phi) is 10.3. The fourth-order valence-electron chi connectivity index (χ4n) is 8.94. The lowest BCUT2D eigenvalue weighted by Crippen LogP contribution is -2.33. The van der Waals surface area contributed by atoms with Crippen molar-refractivity contribution in [1.29, 1.82) is 0 Å². The smallest absolute Gasteiger partial charge is 0.269 e. The Hall–Kier alpha value is -7.44. The molecule has 4 aromatic heterocycles. The van der Waals surface area contributed by atoms with E-state index in [9.17, 15) is 29.1 Å². The number of piperidine rings is 1. The maximum Gasteiger partial charge on any atom is 0.269 e. The first kappa shape index (κ1) is 41.9. The van der Waals surface area contributed by atoms with E-state index in [2.05, 4.69) is 49.2 Å². The number of rotatable bonds is 11. The third-order valence-corrected chi connectivity index (χ3v) is 12.5. The number of hydrogen-bond donors (Lipinski definition) is 4. The van der Waals surface area contributed by atoms with Gasteiger partial charge < -0.3 is 31.7 Å². The number of nitrogens with two attached hydrogens (primary N) is 2. The molecule has 64 heavy (non-hydrogen) atoms. The Morgan fingerprint density at radius 3 is 2.53 bits per heavy atom. The summed E-state index contributed by atoms with van der Waals surface area (Å²) < 4.78 is 17.9. The van der Waals surface area contributed by atoms with Gasteiger partial charge in [0, 0.05) is 68.0 Å². The third kappa shape index (κ3) is 7.70. The number of halogens is 1. The van der Waals surface area contributed by atoms with Gasteiger partial charge in [0.15, 0.2) is 22.9 Å². The molecule has 5 amide bonds. The van der Waals surface area contributed by atoms with Crippen LogP contribution in [0, 0.1) is 46.7 Å². The molecule has 4 aliphatic rings.